The fraction of sp³-hybridized carbons (Fsp3) is 0.778. The van der Waals surface area contributed by atoms with E-state index in [9.17, 15) is 4.79 Å². The molecule has 0 saturated carbocycles. The highest BCUT2D eigenvalue weighted by molar-refractivity contribution is 5.66. The smallest absolute Gasteiger partial charge is 0.406 e. The van der Waals surface area contributed by atoms with E-state index in [-0.39, 0.29) is 13.2 Å². The summed E-state index contributed by atoms with van der Waals surface area (Å²) in [5.74, 6) is 1.36. The first-order chi connectivity index (χ1) is 18.9. The first-order valence-electron chi connectivity index (χ1n) is 13.5. The van der Waals surface area contributed by atoms with Crippen LogP contribution in [-0.4, -0.2) is 108 Å². The largest absolute Gasteiger partial charge is 0.491 e. The quantitative estimate of drug-likeness (QED) is 0.189. The number of alkyl carbamates (subject to hydrolysis) is 1. The van der Waals surface area contributed by atoms with Crippen LogP contribution in [0.4, 0.5) is 4.79 Å². The molecule has 1 aromatic rings. The van der Waals surface area contributed by atoms with Crippen LogP contribution in [0.2, 0.25) is 0 Å². The average molecular weight is 565 g/mol. The van der Waals surface area contributed by atoms with Crippen molar-refractivity contribution in [3.63, 3.8) is 0 Å². The molecule has 0 aromatic carbocycles. The number of amides is 1. The summed E-state index contributed by atoms with van der Waals surface area (Å²) >= 11 is 0. The van der Waals surface area contributed by atoms with Crippen LogP contribution in [0.15, 0.2) is 12.1 Å². The second-order valence-corrected chi connectivity index (χ2v) is 8.16. The second-order valence-electron chi connectivity index (χ2n) is 8.16. The molecule has 12 heteroatoms. The van der Waals surface area contributed by atoms with Crippen molar-refractivity contribution in [1.29, 1.82) is 0 Å². The fourth-order valence-electron chi connectivity index (χ4n) is 2.36. The standard InChI is InChI=1S/C21H36N2O10.C4H10.C2H6/c1-27-21(26)22-2-3-28-4-5-29-6-7-30-8-9-31-10-11-32-12-13-33-20-14-18(16-24)23-19(15-20)17-25;1-4(2)3;1-2/h14-15,24-25H,2-13,16-17H2,1H3,(H,22,26);4H,1-3H3;1-2H3. The van der Waals surface area contributed by atoms with E-state index in [1.807, 2.05) is 13.8 Å². The maximum atomic E-state index is 10.8. The number of methoxy groups -OCH3 is 1. The van der Waals surface area contributed by atoms with Gasteiger partial charge in [-0.15, -0.1) is 0 Å². The Bertz CT molecular complexity index is 640. The van der Waals surface area contributed by atoms with Gasteiger partial charge in [-0.25, -0.2) is 4.79 Å². The Kier molecular flexibility index (Phi) is 30.5. The highest BCUT2D eigenvalue weighted by Crippen LogP contribution is 2.14. The number of hydrogen-bond acceptors (Lipinski definition) is 11. The second kappa shape index (κ2) is 30.5. The number of carbonyl (C=O) groups excluding carboxylic acids is 1. The molecule has 1 aromatic heterocycles. The minimum atomic E-state index is -0.480. The topological polar surface area (TPSA) is 147 Å². The summed E-state index contributed by atoms with van der Waals surface area (Å²) in [5.41, 5.74) is 0.881. The van der Waals surface area contributed by atoms with E-state index in [2.05, 4.69) is 35.8 Å². The maximum absolute atomic E-state index is 10.8. The van der Waals surface area contributed by atoms with Crippen LogP contribution in [0.1, 0.15) is 46.0 Å². The van der Waals surface area contributed by atoms with Gasteiger partial charge in [0.1, 0.15) is 12.4 Å². The molecule has 0 radical (unpaired) electrons. The highest BCUT2D eigenvalue weighted by atomic mass is 16.6. The molecule has 3 N–H and O–H groups in total. The Hall–Kier alpha value is -2.06. The third-order valence-corrected chi connectivity index (χ3v) is 3.91. The number of pyridine rings is 1. The number of hydrogen-bond donors (Lipinski definition) is 3. The molecule has 1 heterocycles. The summed E-state index contributed by atoms with van der Waals surface area (Å²) < 4.78 is 36.9. The van der Waals surface area contributed by atoms with Gasteiger partial charge in [-0.2, -0.15) is 0 Å². The molecule has 0 spiro atoms. The number of rotatable bonds is 21. The van der Waals surface area contributed by atoms with Crippen molar-refractivity contribution in [2.45, 2.75) is 47.8 Å². The third-order valence-electron chi connectivity index (χ3n) is 3.91. The first kappa shape index (κ1) is 39.1. The van der Waals surface area contributed by atoms with Crippen molar-refractivity contribution < 1.29 is 48.2 Å². The molecule has 0 atom stereocenters. The average Bonchev–Trinajstić information content (AvgIpc) is 2.94. The van der Waals surface area contributed by atoms with E-state index in [0.717, 1.165) is 5.92 Å². The molecule has 230 valence electrons. The molecule has 0 aliphatic rings. The van der Waals surface area contributed by atoms with Crippen molar-refractivity contribution in [2.75, 3.05) is 86.3 Å². The van der Waals surface area contributed by atoms with Crippen molar-refractivity contribution in [2.24, 2.45) is 5.92 Å². The van der Waals surface area contributed by atoms with Crippen LogP contribution < -0.4 is 10.1 Å². The van der Waals surface area contributed by atoms with E-state index in [0.29, 0.717) is 96.4 Å². The molecule has 0 unspecified atom stereocenters. The lowest BCUT2D eigenvalue weighted by Crippen LogP contribution is -2.27. The van der Waals surface area contributed by atoms with Crippen molar-refractivity contribution in [3.05, 3.63) is 23.5 Å². The SMILES string of the molecule is CC.CC(C)C.COC(=O)NCCOCCOCCOCCOCCOCCOc1cc(CO)nc(CO)c1. The summed E-state index contributed by atoms with van der Waals surface area (Å²) in [6.45, 7) is 15.2. The number of nitrogens with zero attached hydrogens (tertiary/aromatic N) is 1. The van der Waals surface area contributed by atoms with Crippen LogP contribution in [0.5, 0.6) is 5.75 Å². The Labute approximate surface area is 234 Å². The van der Waals surface area contributed by atoms with Gasteiger partial charge in [0, 0.05) is 18.7 Å². The summed E-state index contributed by atoms with van der Waals surface area (Å²) in [5, 5.41) is 20.8. The van der Waals surface area contributed by atoms with Gasteiger partial charge in [-0.05, 0) is 5.92 Å². The van der Waals surface area contributed by atoms with Crippen LogP contribution in [-0.2, 0) is 41.6 Å². The Morgan fingerprint density at radius 3 is 1.46 bits per heavy atom. The van der Waals surface area contributed by atoms with Gasteiger partial charge < -0.3 is 48.7 Å². The molecule has 39 heavy (non-hydrogen) atoms. The Morgan fingerprint density at radius 1 is 0.744 bits per heavy atom. The molecule has 0 fully saturated rings. The fourth-order valence-corrected chi connectivity index (χ4v) is 2.36. The lowest BCUT2D eigenvalue weighted by atomic mass is 10.3. The summed E-state index contributed by atoms with van der Waals surface area (Å²) in [4.78, 5) is 14.8. The zero-order chi connectivity index (χ0) is 29.6. The molecule has 0 aliphatic carbocycles. The van der Waals surface area contributed by atoms with E-state index < -0.39 is 6.09 Å². The van der Waals surface area contributed by atoms with Crippen molar-refractivity contribution in [1.82, 2.24) is 10.3 Å². The molecule has 0 saturated heterocycles. The lowest BCUT2D eigenvalue weighted by molar-refractivity contribution is -0.0124. The third kappa shape index (κ3) is 28.8. The summed E-state index contributed by atoms with van der Waals surface area (Å²) in [6.07, 6.45) is -0.480. The Morgan fingerprint density at radius 2 is 1.10 bits per heavy atom. The minimum Gasteiger partial charge on any atom is -0.491 e. The Balaban J connectivity index is 0. The number of aromatic nitrogens is 1. The molecular weight excluding hydrogens is 512 g/mol. The predicted molar refractivity (Wildman–Crippen MR) is 148 cm³/mol. The van der Waals surface area contributed by atoms with Crippen molar-refractivity contribution in [3.8, 4) is 5.75 Å². The number of aliphatic hydroxyl groups excluding tert-OH is 2. The van der Waals surface area contributed by atoms with E-state index in [4.69, 9.17) is 38.6 Å². The van der Waals surface area contributed by atoms with Crippen LogP contribution in [0.25, 0.3) is 0 Å². The van der Waals surface area contributed by atoms with Gasteiger partial charge >= 0.3 is 6.09 Å². The highest BCUT2D eigenvalue weighted by Gasteiger charge is 2.03. The van der Waals surface area contributed by atoms with Gasteiger partial charge in [0.05, 0.1) is 97.8 Å². The zero-order valence-electron chi connectivity index (χ0n) is 24.7. The molecule has 1 rings (SSSR count). The van der Waals surface area contributed by atoms with Crippen molar-refractivity contribution >= 4 is 6.09 Å². The monoisotopic (exact) mass is 564 g/mol. The molecule has 1 amide bonds. The van der Waals surface area contributed by atoms with Gasteiger partial charge in [-0.1, -0.05) is 34.6 Å². The number of ether oxygens (including phenoxy) is 7. The number of carbonyl (C=O) groups is 1. The normalized spacial score (nSPS) is 10.3. The van der Waals surface area contributed by atoms with Gasteiger partial charge in [-0.3, -0.25) is 4.98 Å². The number of aliphatic hydroxyl groups is 2. The summed E-state index contributed by atoms with van der Waals surface area (Å²) in [7, 11) is 1.31. The van der Waals surface area contributed by atoms with E-state index in [1.165, 1.54) is 7.11 Å². The molecular formula is C27H52N2O10. The van der Waals surface area contributed by atoms with Gasteiger partial charge in [0.25, 0.3) is 0 Å². The lowest BCUT2D eigenvalue weighted by Gasteiger charge is -2.10. The van der Waals surface area contributed by atoms with E-state index >= 15 is 0 Å². The van der Waals surface area contributed by atoms with Gasteiger partial charge in [0.15, 0.2) is 0 Å². The number of nitrogens with one attached hydrogen (secondary N) is 1. The molecule has 12 nitrogen and oxygen atoms in total. The summed E-state index contributed by atoms with van der Waals surface area (Å²) in [6, 6.07) is 3.24. The van der Waals surface area contributed by atoms with E-state index in [1.54, 1.807) is 12.1 Å². The van der Waals surface area contributed by atoms with Gasteiger partial charge in [0.2, 0.25) is 0 Å². The van der Waals surface area contributed by atoms with Crippen LogP contribution in [0, 0.1) is 5.92 Å². The predicted octanol–water partition coefficient (Wildman–Crippen LogP) is 2.57. The first-order valence-corrected chi connectivity index (χ1v) is 13.5. The minimum absolute atomic E-state index is 0.220. The van der Waals surface area contributed by atoms with Crippen LogP contribution in [0.3, 0.4) is 0 Å². The van der Waals surface area contributed by atoms with Crippen LogP contribution >= 0.6 is 0 Å². The zero-order valence-corrected chi connectivity index (χ0v) is 24.7. The molecule has 0 aliphatic heterocycles. The molecule has 0 bridgehead atoms. The maximum Gasteiger partial charge on any atom is 0.406 e.